The third kappa shape index (κ3) is 3.32. The monoisotopic (exact) mass is 328 g/mol. The number of fused-ring (bicyclic) bond motifs is 1. The van der Waals surface area contributed by atoms with Gasteiger partial charge in [0.25, 0.3) is 5.91 Å². The minimum absolute atomic E-state index is 0.103. The van der Waals surface area contributed by atoms with Crippen LogP contribution in [-0.2, 0) is 16.1 Å². The number of carbonyl (C=O) groups excluding carboxylic acids is 1. The minimum Gasteiger partial charge on any atom is -0.468 e. The van der Waals surface area contributed by atoms with Gasteiger partial charge in [0.05, 0.1) is 25.1 Å². The summed E-state index contributed by atoms with van der Waals surface area (Å²) in [6.07, 6.45) is 7.86. The maximum absolute atomic E-state index is 12.4. The van der Waals surface area contributed by atoms with Crippen LogP contribution in [0.2, 0.25) is 0 Å². The fourth-order valence-electron chi connectivity index (χ4n) is 3.50. The Hall–Kier alpha value is -2.25. The lowest BCUT2D eigenvalue weighted by Gasteiger charge is -2.33. The van der Waals surface area contributed by atoms with E-state index in [-0.39, 0.29) is 12.0 Å². The van der Waals surface area contributed by atoms with Crippen LogP contribution in [0, 0.1) is 5.92 Å². The van der Waals surface area contributed by atoms with Crippen molar-refractivity contribution in [1.29, 1.82) is 0 Å². The molecule has 7 nitrogen and oxygen atoms in total. The average Bonchev–Trinajstić information content (AvgIpc) is 3.25. The molecule has 0 saturated carbocycles. The van der Waals surface area contributed by atoms with Crippen molar-refractivity contribution in [3.8, 4) is 0 Å². The number of hydrogen-bond acceptors (Lipinski definition) is 6. The highest BCUT2D eigenvalue weighted by molar-refractivity contribution is 5.93. The van der Waals surface area contributed by atoms with Crippen molar-refractivity contribution in [3.05, 3.63) is 42.7 Å². The lowest BCUT2D eigenvalue weighted by molar-refractivity contribution is -0.127. The quantitative estimate of drug-likeness (QED) is 0.920. The number of carbonyl (C=O) groups is 1. The molecule has 2 aromatic rings. The number of anilines is 1. The number of piperidine rings is 1. The molecule has 7 heteroatoms. The van der Waals surface area contributed by atoms with E-state index in [9.17, 15) is 4.79 Å². The summed E-state index contributed by atoms with van der Waals surface area (Å²) >= 11 is 0. The van der Waals surface area contributed by atoms with E-state index in [4.69, 9.17) is 9.15 Å². The normalized spacial score (nSPS) is 26.9. The zero-order valence-corrected chi connectivity index (χ0v) is 13.3. The van der Waals surface area contributed by atoms with Gasteiger partial charge in [-0.2, -0.15) is 0 Å². The van der Waals surface area contributed by atoms with Crippen molar-refractivity contribution in [2.24, 2.45) is 5.92 Å². The van der Waals surface area contributed by atoms with Crippen LogP contribution in [0.4, 0.5) is 5.82 Å². The fourth-order valence-corrected chi connectivity index (χ4v) is 3.50. The van der Waals surface area contributed by atoms with Crippen molar-refractivity contribution in [2.45, 2.75) is 31.6 Å². The van der Waals surface area contributed by atoms with Gasteiger partial charge < -0.3 is 14.5 Å². The number of rotatable bonds is 4. The Balaban J connectivity index is 1.33. The fraction of sp³-hybridized carbons (Fsp3) is 0.471. The maximum atomic E-state index is 12.4. The summed E-state index contributed by atoms with van der Waals surface area (Å²) in [6, 6.07) is 3.89. The SMILES string of the molecule is O=C(Nc1cnccn1)[C@H]1C[C@H]2CCN(Cc3ccco3)C[C@H]2O1. The predicted octanol–water partition coefficient (Wildman–Crippen LogP) is 1.69. The summed E-state index contributed by atoms with van der Waals surface area (Å²) in [5.74, 6) is 1.72. The lowest BCUT2D eigenvalue weighted by Crippen LogP contribution is -2.41. The highest BCUT2D eigenvalue weighted by Crippen LogP contribution is 2.34. The van der Waals surface area contributed by atoms with E-state index in [0.29, 0.717) is 11.7 Å². The van der Waals surface area contributed by atoms with Crippen LogP contribution < -0.4 is 5.32 Å². The van der Waals surface area contributed by atoms with Crippen LogP contribution in [0.5, 0.6) is 0 Å². The molecule has 4 rings (SSSR count). The van der Waals surface area contributed by atoms with E-state index in [2.05, 4.69) is 20.2 Å². The molecule has 126 valence electrons. The molecule has 0 radical (unpaired) electrons. The molecule has 0 aliphatic carbocycles. The van der Waals surface area contributed by atoms with E-state index >= 15 is 0 Å². The van der Waals surface area contributed by atoms with E-state index < -0.39 is 6.10 Å². The van der Waals surface area contributed by atoms with Gasteiger partial charge in [0, 0.05) is 18.9 Å². The second-order valence-corrected chi connectivity index (χ2v) is 6.34. The zero-order chi connectivity index (χ0) is 16.4. The van der Waals surface area contributed by atoms with Crippen LogP contribution in [-0.4, -0.2) is 46.1 Å². The van der Waals surface area contributed by atoms with Gasteiger partial charge in [0.15, 0.2) is 5.82 Å². The third-order valence-corrected chi connectivity index (χ3v) is 4.70. The van der Waals surface area contributed by atoms with Gasteiger partial charge in [-0.15, -0.1) is 0 Å². The third-order valence-electron chi connectivity index (χ3n) is 4.70. The Kier molecular flexibility index (Phi) is 4.27. The topological polar surface area (TPSA) is 80.5 Å². The lowest BCUT2D eigenvalue weighted by atomic mass is 9.91. The van der Waals surface area contributed by atoms with Gasteiger partial charge in [-0.05, 0) is 37.4 Å². The molecule has 0 aromatic carbocycles. The molecule has 0 spiro atoms. The molecule has 0 unspecified atom stereocenters. The molecular formula is C17H20N4O3. The molecule has 1 amide bonds. The van der Waals surface area contributed by atoms with E-state index in [1.165, 1.54) is 6.20 Å². The highest BCUT2D eigenvalue weighted by atomic mass is 16.5. The van der Waals surface area contributed by atoms with E-state index in [0.717, 1.165) is 38.2 Å². The van der Waals surface area contributed by atoms with Crippen LogP contribution in [0.3, 0.4) is 0 Å². The van der Waals surface area contributed by atoms with E-state index in [1.54, 1.807) is 18.7 Å². The summed E-state index contributed by atoms with van der Waals surface area (Å²) in [7, 11) is 0. The minimum atomic E-state index is -0.412. The molecule has 2 aliphatic rings. The number of hydrogen-bond donors (Lipinski definition) is 1. The predicted molar refractivity (Wildman–Crippen MR) is 86.0 cm³/mol. The van der Waals surface area contributed by atoms with Crippen LogP contribution in [0.25, 0.3) is 0 Å². The van der Waals surface area contributed by atoms with Crippen LogP contribution >= 0.6 is 0 Å². The molecular weight excluding hydrogens is 308 g/mol. The van der Waals surface area contributed by atoms with Crippen molar-refractivity contribution >= 4 is 11.7 Å². The Bertz CT molecular complexity index is 676. The van der Waals surface area contributed by atoms with Gasteiger partial charge >= 0.3 is 0 Å². The molecule has 0 bridgehead atoms. The molecule has 2 saturated heterocycles. The van der Waals surface area contributed by atoms with Crippen molar-refractivity contribution in [2.75, 3.05) is 18.4 Å². The first-order chi connectivity index (χ1) is 11.8. The molecule has 2 aromatic heterocycles. The second-order valence-electron chi connectivity index (χ2n) is 6.34. The molecule has 2 aliphatic heterocycles. The van der Waals surface area contributed by atoms with E-state index in [1.807, 2.05) is 12.1 Å². The van der Waals surface area contributed by atoms with Gasteiger partial charge in [-0.1, -0.05) is 0 Å². The molecule has 24 heavy (non-hydrogen) atoms. The molecule has 4 heterocycles. The zero-order valence-electron chi connectivity index (χ0n) is 13.3. The number of aromatic nitrogens is 2. The van der Waals surface area contributed by atoms with Crippen molar-refractivity contribution in [1.82, 2.24) is 14.9 Å². The van der Waals surface area contributed by atoms with Gasteiger partial charge in [0.1, 0.15) is 11.9 Å². The first-order valence-electron chi connectivity index (χ1n) is 8.25. The summed E-state index contributed by atoms with van der Waals surface area (Å²) in [6.45, 7) is 2.63. The number of amides is 1. The highest BCUT2D eigenvalue weighted by Gasteiger charge is 2.41. The Morgan fingerprint density at radius 1 is 1.42 bits per heavy atom. The number of likely N-dealkylation sites (tertiary alicyclic amines) is 1. The van der Waals surface area contributed by atoms with Crippen LogP contribution in [0.15, 0.2) is 41.4 Å². The number of ether oxygens (including phenoxy) is 1. The van der Waals surface area contributed by atoms with Gasteiger partial charge in [-0.25, -0.2) is 4.98 Å². The molecule has 1 N–H and O–H groups in total. The first-order valence-corrected chi connectivity index (χ1v) is 8.25. The van der Waals surface area contributed by atoms with Crippen molar-refractivity contribution in [3.63, 3.8) is 0 Å². The Morgan fingerprint density at radius 2 is 2.38 bits per heavy atom. The number of nitrogens with zero attached hydrogens (tertiary/aromatic N) is 3. The van der Waals surface area contributed by atoms with Gasteiger partial charge in [-0.3, -0.25) is 14.7 Å². The molecule has 3 atom stereocenters. The Morgan fingerprint density at radius 3 is 3.17 bits per heavy atom. The summed E-state index contributed by atoms with van der Waals surface area (Å²) in [5.41, 5.74) is 0. The molecule has 2 fully saturated rings. The Labute approximate surface area is 140 Å². The standard InChI is InChI=1S/C17H20N4O3/c22-17(20-16-9-18-4-5-19-16)14-8-12-3-6-21(11-15(12)24-14)10-13-2-1-7-23-13/h1-2,4-5,7,9,12,14-15H,3,6,8,10-11H2,(H,19,20,22)/t12-,14-,15-/m1/s1. The number of nitrogens with one attached hydrogen (secondary N) is 1. The summed E-state index contributed by atoms with van der Waals surface area (Å²) in [5, 5.41) is 2.77. The first kappa shape index (κ1) is 15.3. The average molecular weight is 328 g/mol. The summed E-state index contributed by atoms with van der Waals surface area (Å²) in [4.78, 5) is 22.7. The smallest absolute Gasteiger partial charge is 0.254 e. The maximum Gasteiger partial charge on any atom is 0.254 e. The second kappa shape index (κ2) is 6.70. The van der Waals surface area contributed by atoms with Gasteiger partial charge in [0.2, 0.25) is 0 Å². The largest absolute Gasteiger partial charge is 0.468 e. The number of furan rings is 1. The van der Waals surface area contributed by atoms with Crippen LogP contribution in [0.1, 0.15) is 18.6 Å². The van der Waals surface area contributed by atoms with Crippen molar-refractivity contribution < 1.29 is 13.9 Å². The summed E-state index contributed by atoms with van der Waals surface area (Å²) < 4.78 is 11.4.